The van der Waals surface area contributed by atoms with Gasteiger partial charge in [0.1, 0.15) is 11.9 Å². The minimum absolute atomic E-state index is 0.00282. The smallest absolute Gasteiger partial charge is 0.324 e. The summed E-state index contributed by atoms with van der Waals surface area (Å²) in [5, 5.41) is 1.96. The molecule has 5 nitrogen and oxygen atoms in total. The van der Waals surface area contributed by atoms with Crippen LogP contribution in [-0.4, -0.2) is 26.6 Å². The number of carbonyl (C=O) groups excluding carboxylic acids is 1. The van der Waals surface area contributed by atoms with E-state index in [2.05, 4.69) is 5.32 Å². The van der Waals surface area contributed by atoms with E-state index >= 15 is 0 Å². The van der Waals surface area contributed by atoms with E-state index in [4.69, 9.17) is 11.6 Å². The number of hydrogen-bond donors (Lipinski definition) is 1. The van der Waals surface area contributed by atoms with Gasteiger partial charge in [0, 0.05) is 5.02 Å². The third-order valence-electron chi connectivity index (χ3n) is 3.96. The van der Waals surface area contributed by atoms with E-state index in [1.165, 1.54) is 13.0 Å². The number of nitrogens with one attached hydrogen (secondary N) is 1. The van der Waals surface area contributed by atoms with Crippen LogP contribution in [0.2, 0.25) is 5.02 Å². The number of rotatable bonds is 6. The van der Waals surface area contributed by atoms with Crippen LogP contribution in [0.5, 0.6) is 0 Å². The van der Waals surface area contributed by atoms with Gasteiger partial charge in [-0.3, -0.25) is 9.10 Å². The van der Waals surface area contributed by atoms with Gasteiger partial charge in [-0.15, -0.1) is 0 Å². The zero-order valence-corrected chi connectivity index (χ0v) is 16.9. The predicted octanol–water partition coefficient (Wildman–Crippen LogP) is 4.68. The molecule has 0 aromatic heterocycles. The summed E-state index contributed by atoms with van der Waals surface area (Å²) in [6.07, 6.45) is -4.00. The Bertz CT molecular complexity index is 995. The number of nitrogens with zero attached hydrogens (tertiary/aromatic N) is 1. The first kappa shape index (κ1) is 23.0. The van der Waals surface area contributed by atoms with Crippen molar-refractivity contribution in [1.29, 1.82) is 0 Å². The summed E-state index contributed by atoms with van der Waals surface area (Å²) in [5.74, 6) is -1.59. The molecular weight excluding hydrogens is 436 g/mol. The van der Waals surface area contributed by atoms with Crippen LogP contribution >= 0.6 is 11.6 Å². The van der Waals surface area contributed by atoms with E-state index in [0.29, 0.717) is 6.07 Å². The maximum absolute atomic E-state index is 13.3. The zero-order valence-electron chi connectivity index (χ0n) is 15.3. The lowest BCUT2D eigenvalue weighted by Gasteiger charge is -2.30. The summed E-state index contributed by atoms with van der Waals surface area (Å²) in [7, 11) is -4.02. The molecular formula is C18H17ClF4N2O3S. The highest BCUT2D eigenvalue weighted by molar-refractivity contribution is 7.92. The van der Waals surface area contributed by atoms with Gasteiger partial charge in [-0.05, 0) is 48.9 Å². The van der Waals surface area contributed by atoms with Crippen LogP contribution in [0.15, 0.2) is 42.5 Å². The van der Waals surface area contributed by atoms with Crippen molar-refractivity contribution in [2.24, 2.45) is 0 Å². The van der Waals surface area contributed by atoms with Crippen LogP contribution in [0, 0.1) is 5.82 Å². The lowest BCUT2D eigenvalue weighted by atomic mass is 10.1. The molecule has 2 aromatic rings. The van der Waals surface area contributed by atoms with E-state index in [1.54, 1.807) is 0 Å². The number of alkyl halides is 3. The Kier molecular flexibility index (Phi) is 6.79. The fraction of sp³-hybridized carbons (Fsp3) is 0.278. The maximum atomic E-state index is 13.3. The molecule has 0 radical (unpaired) electrons. The second-order valence-electron chi connectivity index (χ2n) is 6.14. The molecule has 1 N–H and O–H groups in total. The highest BCUT2D eigenvalue weighted by Gasteiger charge is 2.36. The molecule has 0 saturated heterocycles. The van der Waals surface area contributed by atoms with Crippen LogP contribution in [0.1, 0.15) is 18.9 Å². The highest BCUT2D eigenvalue weighted by atomic mass is 35.5. The van der Waals surface area contributed by atoms with E-state index < -0.39 is 45.2 Å². The van der Waals surface area contributed by atoms with Gasteiger partial charge >= 0.3 is 6.18 Å². The van der Waals surface area contributed by atoms with Crippen molar-refractivity contribution in [1.82, 2.24) is 0 Å². The normalized spacial score (nSPS) is 13.1. The molecule has 2 rings (SSSR count). The summed E-state index contributed by atoms with van der Waals surface area (Å²) < 4.78 is 78.3. The second-order valence-corrected chi connectivity index (χ2v) is 8.43. The molecule has 2 aromatic carbocycles. The first-order valence-electron chi connectivity index (χ1n) is 8.27. The van der Waals surface area contributed by atoms with Crippen molar-refractivity contribution in [3.8, 4) is 0 Å². The lowest BCUT2D eigenvalue weighted by Crippen LogP contribution is -2.47. The van der Waals surface area contributed by atoms with Gasteiger partial charge in [0.25, 0.3) is 0 Å². The highest BCUT2D eigenvalue weighted by Crippen LogP contribution is 2.37. The summed E-state index contributed by atoms with van der Waals surface area (Å²) in [4.78, 5) is 12.7. The average Bonchev–Trinajstić information content (AvgIpc) is 2.60. The van der Waals surface area contributed by atoms with Crippen LogP contribution < -0.4 is 9.62 Å². The van der Waals surface area contributed by atoms with Gasteiger partial charge in [0.15, 0.2) is 0 Å². The van der Waals surface area contributed by atoms with Crippen molar-refractivity contribution in [3.05, 3.63) is 58.9 Å². The minimum Gasteiger partial charge on any atom is -0.324 e. The van der Waals surface area contributed by atoms with E-state index in [-0.39, 0.29) is 17.1 Å². The SMILES string of the molecule is CCC(C(=O)Nc1ccc(Cl)cc1C(F)(F)F)N(c1ccc(F)cc1)S(C)(=O)=O. The largest absolute Gasteiger partial charge is 0.418 e. The molecule has 0 aliphatic carbocycles. The molecule has 0 saturated carbocycles. The van der Waals surface area contributed by atoms with Crippen LogP contribution in [-0.2, 0) is 21.0 Å². The Morgan fingerprint density at radius 1 is 1.17 bits per heavy atom. The number of hydrogen-bond acceptors (Lipinski definition) is 3. The van der Waals surface area contributed by atoms with Crippen LogP contribution in [0.3, 0.4) is 0 Å². The molecule has 0 spiro atoms. The van der Waals surface area contributed by atoms with Gasteiger partial charge in [-0.25, -0.2) is 12.8 Å². The number of carbonyl (C=O) groups is 1. The van der Waals surface area contributed by atoms with E-state index in [1.807, 2.05) is 0 Å². The molecule has 29 heavy (non-hydrogen) atoms. The molecule has 0 aliphatic heterocycles. The molecule has 0 fully saturated rings. The Labute approximate surface area is 170 Å². The van der Waals surface area contributed by atoms with Crippen molar-refractivity contribution >= 4 is 38.9 Å². The van der Waals surface area contributed by atoms with Crippen molar-refractivity contribution < 1.29 is 30.8 Å². The Hall–Kier alpha value is -2.33. The first-order valence-corrected chi connectivity index (χ1v) is 10.5. The Balaban J connectivity index is 2.45. The maximum Gasteiger partial charge on any atom is 0.418 e. The monoisotopic (exact) mass is 452 g/mol. The van der Waals surface area contributed by atoms with Crippen LogP contribution in [0.25, 0.3) is 0 Å². The molecule has 0 heterocycles. The van der Waals surface area contributed by atoms with Gasteiger partial charge in [0.05, 0.1) is 23.2 Å². The van der Waals surface area contributed by atoms with E-state index in [9.17, 15) is 30.8 Å². The van der Waals surface area contributed by atoms with Gasteiger partial charge < -0.3 is 5.32 Å². The number of halogens is 5. The molecule has 0 bridgehead atoms. The summed E-state index contributed by atoms with van der Waals surface area (Å²) in [6.45, 7) is 1.50. The third kappa shape index (κ3) is 5.60. The summed E-state index contributed by atoms with van der Waals surface area (Å²) in [6, 6.07) is 5.79. The molecule has 158 valence electrons. The first-order chi connectivity index (χ1) is 13.3. The Morgan fingerprint density at radius 2 is 1.76 bits per heavy atom. The number of benzene rings is 2. The lowest BCUT2D eigenvalue weighted by molar-refractivity contribution is -0.137. The number of amides is 1. The quantitative estimate of drug-likeness (QED) is 0.647. The fourth-order valence-electron chi connectivity index (χ4n) is 2.72. The summed E-state index contributed by atoms with van der Waals surface area (Å²) in [5.41, 5.74) is -1.72. The summed E-state index contributed by atoms with van der Waals surface area (Å²) >= 11 is 5.62. The van der Waals surface area contributed by atoms with Crippen molar-refractivity contribution in [2.45, 2.75) is 25.6 Å². The Morgan fingerprint density at radius 3 is 2.24 bits per heavy atom. The van der Waals surface area contributed by atoms with Gasteiger partial charge in [0.2, 0.25) is 15.9 Å². The van der Waals surface area contributed by atoms with Gasteiger partial charge in [-0.2, -0.15) is 13.2 Å². The number of sulfonamides is 1. The standard InChI is InChI=1S/C18H17ClF4N2O3S/c1-3-16(25(29(2,27)28)13-7-5-12(20)6-8-13)17(26)24-15-9-4-11(19)10-14(15)18(21,22)23/h4-10,16H,3H2,1-2H3,(H,24,26). The van der Waals surface area contributed by atoms with E-state index in [0.717, 1.165) is 40.9 Å². The molecule has 0 aliphatic rings. The minimum atomic E-state index is -4.79. The molecule has 1 unspecified atom stereocenters. The second kappa shape index (κ2) is 8.58. The van der Waals surface area contributed by atoms with Crippen molar-refractivity contribution in [3.63, 3.8) is 0 Å². The molecule has 1 amide bonds. The van der Waals surface area contributed by atoms with Crippen LogP contribution in [0.4, 0.5) is 28.9 Å². The zero-order chi connectivity index (χ0) is 22.0. The molecule has 11 heteroatoms. The molecule has 1 atom stereocenters. The fourth-order valence-corrected chi connectivity index (χ4v) is 4.11. The predicted molar refractivity (Wildman–Crippen MR) is 103 cm³/mol. The topological polar surface area (TPSA) is 66.5 Å². The third-order valence-corrected chi connectivity index (χ3v) is 5.37. The average molecular weight is 453 g/mol. The number of anilines is 2. The van der Waals surface area contributed by atoms with Crippen molar-refractivity contribution in [2.75, 3.05) is 15.9 Å². The van der Waals surface area contributed by atoms with Gasteiger partial charge in [-0.1, -0.05) is 18.5 Å².